The van der Waals surface area contributed by atoms with Crippen LogP contribution < -0.4 is 0 Å². The molecule has 0 N–H and O–H groups in total. The summed E-state index contributed by atoms with van der Waals surface area (Å²) in [6, 6.07) is 9.85. The smallest absolute Gasteiger partial charge is 0.308 e. The summed E-state index contributed by atoms with van der Waals surface area (Å²) in [5, 5.41) is 0. The van der Waals surface area contributed by atoms with Crippen molar-refractivity contribution in [1.29, 1.82) is 0 Å². The molecule has 0 spiro atoms. The fraction of sp³-hybridized carbons (Fsp3) is 0.429. The molecule has 2 heterocycles. The summed E-state index contributed by atoms with van der Waals surface area (Å²) in [7, 11) is -4.22. The molecule has 13 heteroatoms. The molecule has 0 saturated heterocycles. The summed E-state index contributed by atoms with van der Waals surface area (Å²) in [5.41, 5.74) is 1.07. The topological polar surface area (TPSA) is 120 Å². The molecular formula is C21H30N6O5S2. The maximum atomic E-state index is 12.7. The number of aryl methyl sites for hydroxylation is 1. The normalized spacial score (nSPS) is 12.6. The van der Waals surface area contributed by atoms with Crippen molar-refractivity contribution < 1.29 is 21.0 Å². The summed E-state index contributed by atoms with van der Waals surface area (Å²) in [4.78, 5) is 10.8. The van der Waals surface area contributed by atoms with Crippen molar-refractivity contribution in [3.8, 4) is 0 Å². The van der Waals surface area contributed by atoms with Gasteiger partial charge in [-0.25, -0.2) is 13.9 Å². The lowest BCUT2D eigenvalue weighted by molar-refractivity contribution is 0.229. The number of hydrogen-bond donors (Lipinski definition) is 0. The number of rotatable bonds is 13. The average Bonchev–Trinajstić information content (AvgIpc) is 3.41. The molecule has 1 aromatic carbocycles. The van der Waals surface area contributed by atoms with E-state index in [-0.39, 0.29) is 13.2 Å². The first kappa shape index (κ1) is 26.0. The lowest BCUT2D eigenvalue weighted by Crippen LogP contribution is -2.32. The van der Waals surface area contributed by atoms with Gasteiger partial charge in [-0.2, -0.15) is 21.1 Å². The van der Waals surface area contributed by atoms with E-state index in [4.69, 9.17) is 4.18 Å². The van der Waals surface area contributed by atoms with Gasteiger partial charge in [0.25, 0.3) is 10.1 Å². The second-order valence-electron chi connectivity index (χ2n) is 7.98. The van der Waals surface area contributed by atoms with Crippen LogP contribution in [0.1, 0.15) is 23.6 Å². The monoisotopic (exact) mass is 510 g/mol. The minimum atomic E-state index is -3.70. The van der Waals surface area contributed by atoms with Crippen LogP contribution in [0, 0.1) is 0 Å². The second-order valence-corrected chi connectivity index (χ2v) is 11.6. The maximum absolute atomic E-state index is 12.7. The Morgan fingerprint density at radius 2 is 1.56 bits per heavy atom. The predicted molar refractivity (Wildman–Crippen MR) is 127 cm³/mol. The first-order valence-electron chi connectivity index (χ1n) is 10.6. The molecule has 3 rings (SSSR count). The second kappa shape index (κ2) is 11.2. The van der Waals surface area contributed by atoms with Crippen LogP contribution in [-0.4, -0.2) is 71.5 Å². The molecule has 2 aromatic heterocycles. The number of benzene rings is 1. The van der Waals surface area contributed by atoms with Gasteiger partial charge in [-0.15, -0.1) is 0 Å². The van der Waals surface area contributed by atoms with Crippen molar-refractivity contribution in [2.24, 2.45) is 0 Å². The van der Waals surface area contributed by atoms with Crippen molar-refractivity contribution in [3.05, 3.63) is 72.3 Å². The van der Waals surface area contributed by atoms with Gasteiger partial charge >= 0.3 is 10.2 Å². The Kier molecular flexibility index (Phi) is 8.60. The summed E-state index contributed by atoms with van der Waals surface area (Å²) in [5.74, 6) is 1.16. The Morgan fingerprint density at radius 1 is 0.912 bits per heavy atom. The summed E-state index contributed by atoms with van der Waals surface area (Å²) < 4.78 is 56.8. The Morgan fingerprint density at radius 3 is 2.24 bits per heavy atom. The lowest BCUT2D eigenvalue weighted by Gasteiger charge is -2.23. The molecular weight excluding hydrogens is 480 g/mol. The zero-order valence-electron chi connectivity index (χ0n) is 19.5. The minimum Gasteiger partial charge on any atom is -0.334 e. The Labute approximate surface area is 200 Å². The highest BCUT2D eigenvalue weighted by Gasteiger charge is 2.22. The van der Waals surface area contributed by atoms with E-state index in [2.05, 4.69) is 14.9 Å². The van der Waals surface area contributed by atoms with Crippen LogP contribution in [0.15, 0.2) is 55.1 Å². The average molecular weight is 511 g/mol. The first-order valence-corrected chi connectivity index (χ1v) is 13.8. The Hall–Kier alpha value is -2.58. The van der Waals surface area contributed by atoms with Gasteiger partial charge < -0.3 is 4.57 Å². The zero-order valence-corrected chi connectivity index (χ0v) is 21.1. The van der Waals surface area contributed by atoms with Crippen LogP contribution in [0.4, 0.5) is 0 Å². The molecule has 3 aromatic rings. The summed E-state index contributed by atoms with van der Waals surface area (Å²) in [6.07, 6.45) is 7.95. The summed E-state index contributed by atoms with van der Waals surface area (Å²) in [6.45, 7) is 1.89. The third-order valence-corrected chi connectivity index (χ3v) is 7.36. The number of aromatic nitrogens is 4. The molecule has 0 atom stereocenters. The van der Waals surface area contributed by atoms with Crippen LogP contribution in [-0.2, 0) is 50.7 Å². The van der Waals surface area contributed by atoms with Crippen molar-refractivity contribution in [3.63, 3.8) is 0 Å². The van der Waals surface area contributed by atoms with E-state index in [1.807, 2.05) is 41.1 Å². The van der Waals surface area contributed by atoms with Gasteiger partial charge in [0.2, 0.25) is 0 Å². The van der Waals surface area contributed by atoms with Gasteiger partial charge in [-0.3, -0.25) is 9.08 Å². The molecule has 0 saturated carbocycles. The molecule has 34 heavy (non-hydrogen) atoms. The standard InChI is InChI=1S/C21H30N6O5S2/c1-24(2)34(30,31)27-14-11-23-21(27)18-25(16-19-8-5-4-6-9-19)17-20-22-10-13-26(20)12-7-15-32-33(3,28)29/h4-6,8-11,13-14H,7,12,15-18H2,1-3H3. The molecule has 0 aliphatic rings. The molecule has 0 aliphatic carbocycles. The number of hydrogen-bond acceptors (Lipinski definition) is 8. The van der Waals surface area contributed by atoms with E-state index >= 15 is 0 Å². The van der Waals surface area contributed by atoms with E-state index in [0.29, 0.717) is 31.9 Å². The first-order chi connectivity index (χ1) is 16.1. The van der Waals surface area contributed by atoms with E-state index in [9.17, 15) is 16.8 Å². The Bertz CT molecular complexity index is 1270. The molecule has 0 amide bonds. The SMILES string of the molecule is CN(C)S(=O)(=O)n1ccnc1CN(Cc1ccccc1)Cc1nccn1CCCOS(C)(=O)=O. The van der Waals surface area contributed by atoms with Gasteiger partial charge in [0.1, 0.15) is 11.6 Å². The number of imidazole rings is 2. The molecule has 11 nitrogen and oxygen atoms in total. The zero-order chi connectivity index (χ0) is 24.8. The quantitative estimate of drug-likeness (QED) is 0.249. The molecule has 0 radical (unpaired) electrons. The number of nitrogens with zero attached hydrogens (tertiary/aromatic N) is 6. The summed E-state index contributed by atoms with van der Waals surface area (Å²) >= 11 is 0. The van der Waals surface area contributed by atoms with Crippen LogP contribution >= 0.6 is 0 Å². The van der Waals surface area contributed by atoms with Crippen molar-refractivity contribution >= 4 is 20.3 Å². The fourth-order valence-corrected chi connectivity index (χ4v) is 4.72. The van der Waals surface area contributed by atoms with E-state index in [1.54, 1.807) is 6.20 Å². The molecule has 186 valence electrons. The highest BCUT2D eigenvalue weighted by atomic mass is 32.2. The highest BCUT2D eigenvalue weighted by Crippen LogP contribution is 2.15. The van der Waals surface area contributed by atoms with E-state index < -0.39 is 20.3 Å². The highest BCUT2D eigenvalue weighted by molar-refractivity contribution is 7.87. The fourth-order valence-electron chi connectivity index (χ4n) is 3.37. The minimum absolute atomic E-state index is 0.0873. The molecule has 0 unspecified atom stereocenters. The van der Waals surface area contributed by atoms with Gasteiger partial charge in [-0.1, -0.05) is 30.3 Å². The van der Waals surface area contributed by atoms with Crippen LogP contribution in [0.5, 0.6) is 0 Å². The van der Waals surface area contributed by atoms with Gasteiger partial charge in [0.15, 0.2) is 0 Å². The molecule has 0 aliphatic heterocycles. The maximum Gasteiger partial charge on any atom is 0.308 e. The van der Waals surface area contributed by atoms with Gasteiger partial charge in [0.05, 0.1) is 26.0 Å². The van der Waals surface area contributed by atoms with E-state index in [0.717, 1.165) is 21.9 Å². The lowest BCUT2D eigenvalue weighted by atomic mass is 10.2. The van der Waals surface area contributed by atoms with Crippen LogP contribution in [0.25, 0.3) is 0 Å². The van der Waals surface area contributed by atoms with Crippen LogP contribution in [0.2, 0.25) is 0 Å². The van der Waals surface area contributed by atoms with Crippen molar-refractivity contribution in [2.45, 2.75) is 32.6 Å². The van der Waals surface area contributed by atoms with Crippen molar-refractivity contribution in [1.82, 2.24) is 27.7 Å². The third kappa shape index (κ3) is 7.21. The largest absolute Gasteiger partial charge is 0.334 e. The van der Waals surface area contributed by atoms with Crippen LogP contribution in [0.3, 0.4) is 0 Å². The predicted octanol–water partition coefficient (Wildman–Crippen LogP) is 1.30. The van der Waals surface area contributed by atoms with E-state index in [1.165, 1.54) is 30.5 Å². The molecule has 0 fully saturated rings. The molecule has 0 bridgehead atoms. The van der Waals surface area contributed by atoms with Crippen molar-refractivity contribution in [2.75, 3.05) is 27.0 Å². The van der Waals surface area contributed by atoms with Gasteiger partial charge in [0, 0.05) is 52.0 Å². The third-order valence-electron chi connectivity index (χ3n) is 5.01. The Balaban J connectivity index is 1.79. The van der Waals surface area contributed by atoms with Gasteiger partial charge in [-0.05, 0) is 12.0 Å².